The minimum atomic E-state index is 0.260. The molecule has 0 saturated heterocycles. The van der Waals surface area contributed by atoms with Crippen LogP contribution in [-0.4, -0.2) is 17.4 Å². The minimum Gasteiger partial charge on any atom is -0.386 e. The van der Waals surface area contributed by atoms with Crippen molar-refractivity contribution < 1.29 is 0 Å². The molecule has 0 spiro atoms. The standard InChI is InChI=1S/C7H10N4/c8-5-6(9)11-7-3-1-2-4-10-7/h1-4H,5,8H2,(H2,9,10,11). The predicted octanol–water partition coefficient (Wildman–Crippen LogP) is 0.0290. The molecule has 4 heteroatoms. The molecule has 4 nitrogen and oxygen atoms in total. The quantitative estimate of drug-likeness (QED) is 0.461. The Hall–Kier alpha value is -1.42. The smallest absolute Gasteiger partial charge is 0.153 e. The summed E-state index contributed by atoms with van der Waals surface area (Å²) in [4.78, 5) is 7.88. The molecule has 0 fully saturated rings. The van der Waals surface area contributed by atoms with Gasteiger partial charge in [-0.25, -0.2) is 9.98 Å². The average Bonchev–Trinajstić information content (AvgIpc) is 2.06. The van der Waals surface area contributed by atoms with Crippen LogP contribution in [0.25, 0.3) is 0 Å². The third-order valence-electron chi connectivity index (χ3n) is 1.12. The molecule has 1 aromatic heterocycles. The van der Waals surface area contributed by atoms with Crippen molar-refractivity contribution >= 4 is 11.7 Å². The average molecular weight is 150 g/mol. The summed E-state index contributed by atoms with van der Waals surface area (Å²) in [7, 11) is 0. The number of rotatable bonds is 2. The van der Waals surface area contributed by atoms with E-state index in [-0.39, 0.29) is 6.54 Å². The SMILES string of the molecule is NC/C(N)=N/c1ccccn1. The topological polar surface area (TPSA) is 77.3 Å². The summed E-state index contributed by atoms with van der Waals surface area (Å²) < 4.78 is 0. The molecule has 0 unspecified atom stereocenters. The van der Waals surface area contributed by atoms with Gasteiger partial charge in [0.1, 0.15) is 5.84 Å². The molecule has 0 amide bonds. The second-order valence-electron chi connectivity index (χ2n) is 2.00. The van der Waals surface area contributed by atoms with Crippen LogP contribution < -0.4 is 11.5 Å². The van der Waals surface area contributed by atoms with Crippen molar-refractivity contribution in [3.05, 3.63) is 24.4 Å². The van der Waals surface area contributed by atoms with Crippen LogP contribution >= 0.6 is 0 Å². The lowest BCUT2D eigenvalue weighted by molar-refractivity contribution is 1.22. The summed E-state index contributed by atoms with van der Waals surface area (Å²) in [6.07, 6.45) is 1.66. The first-order chi connectivity index (χ1) is 5.33. The van der Waals surface area contributed by atoms with Crippen LogP contribution in [0.15, 0.2) is 29.4 Å². The fourth-order valence-electron chi connectivity index (χ4n) is 0.613. The lowest BCUT2D eigenvalue weighted by Crippen LogP contribution is -2.22. The van der Waals surface area contributed by atoms with Crippen molar-refractivity contribution in [3.63, 3.8) is 0 Å². The number of hydrogen-bond donors (Lipinski definition) is 2. The Morgan fingerprint density at radius 3 is 2.91 bits per heavy atom. The Balaban J connectivity index is 2.79. The summed E-state index contributed by atoms with van der Waals surface area (Å²) in [6, 6.07) is 5.43. The van der Waals surface area contributed by atoms with Gasteiger partial charge in [-0.3, -0.25) is 0 Å². The number of nitrogens with two attached hydrogens (primary N) is 2. The number of aromatic nitrogens is 1. The van der Waals surface area contributed by atoms with E-state index in [1.54, 1.807) is 12.3 Å². The Morgan fingerprint density at radius 2 is 2.36 bits per heavy atom. The van der Waals surface area contributed by atoms with Gasteiger partial charge >= 0.3 is 0 Å². The molecule has 1 aromatic rings. The highest BCUT2D eigenvalue weighted by molar-refractivity contribution is 5.84. The molecule has 0 aliphatic heterocycles. The zero-order valence-electron chi connectivity index (χ0n) is 6.07. The van der Waals surface area contributed by atoms with Crippen LogP contribution in [0.2, 0.25) is 0 Å². The molecule has 4 N–H and O–H groups in total. The molecule has 0 radical (unpaired) electrons. The molecule has 0 saturated carbocycles. The van der Waals surface area contributed by atoms with Gasteiger partial charge in [0.15, 0.2) is 5.82 Å². The van der Waals surface area contributed by atoms with E-state index >= 15 is 0 Å². The van der Waals surface area contributed by atoms with Gasteiger partial charge in [-0.05, 0) is 12.1 Å². The molecular formula is C7H10N4. The van der Waals surface area contributed by atoms with E-state index in [1.165, 1.54) is 0 Å². The van der Waals surface area contributed by atoms with Gasteiger partial charge in [0.2, 0.25) is 0 Å². The second kappa shape index (κ2) is 3.68. The van der Waals surface area contributed by atoms with Crippen LogP contribution in [0.3, 0.4) is 0 Å². The highest BCUT2D eigenvalue weighted by Crippen LogP contribution is 2.03. The van der Waals surface area contributed by atoms with Crippen LogP contribution in [0.1, 0.15) is 0 Å². The van der Waals surface area contributed by atoms with E-state index in [1.807, 2.05) is 12.1 Å². The molecular weight excluding hydrogens is 140 g/mol. The number of nitrogens with zero attached hydrogens (tertiary/aromatic N) is 2. The third kappa shape index (κ3) is 2.35. The lowest BCUT2D eigenvalue weighted by Gasteiger charge is -1.93. The summed E-state index contributed by atoms with van der Waals surface area (Å²) in [5.74, 6) is 0.985. The van der Waals surface area contributed by atoms with Crippen LogP contribution in [0, 0.1) is 0 Å². The molecule has 0 aliphatic rings. The van der Waals surface area contributed by atoms with Gasteiger partial charge < -0.3 is 11.5 Å². The number of pyridine rings is 1. The molecule has 0 aliphatic carbocycles. The zero-order chi connectivity index (χ0) is 8.10. The van der Waals surface area contributed by atoms with Crippen molar-refractivity contribution in [1.82, 2.24) is 4.98 Å². The first-order valence-electron chi connectivity index (χ1n) is 3.27. The number of hydrogen-bond acceptors (Lipinski definition) is 3. The normalized spacial score (nSPS) is 11.5. The van der Waals surface area contributed by atoms with Crippen LogP contribution in [0.4, 0.5) is 5.82 Å². The van der Waals surface area contributed by atoms with Crippen molar-refractivity contribution in [2.24, 2.45) is 16.5 Å². The lowest BCUT2D eigenvalue weighted by atomic mass is 10.5. The van der Waals surface area contributed by atoms with Gasteiger partial charge in [0, 0.05) is 6.20 Å². The van der Waals surface area contributed by atoms with Crippen molar-refractivity contribution in [1.29, 1.82) is 0 Å². The molecule has 0 aromatic carbocycles. The molecule has 58 valence electrons. The molecule has 1 rings (SSSR count). The van der Waals surface area contributed by atoms with Gasteiger partial charge in [-0.2, -0.15) is 0 Å². The predicted molar refractivity (Wildman–Crippen MR) is 44.6 cm³/mol. The van der Waals surface area contributed by atoms with Gasteiger partial charge in [-0.15, -0.1) is 0 Å². The number of aliphatic imine (C=N–C) groups is 1. The summed E-state index contributed by atoms with van der Waals surface area (Å²) in [5, 5.41) is 0. The van der Waals surface area contributed by atoms with E-state index in [0.29, 0.717) is 11.7 Å². The van der Waals surface area contributed by atoms with E-state index in [2.05, 4.69) is 9.98 Å². The maximum Gasteiger partial charge on any atom is 0.153 e. The molecule has 11 heavy (non-hydrogen) atoms. The fraction of sp³-hybridized carbons (Fsp3) is 0.143. The van der Waals surface area contributed by atoms with Gasteiger partial charge in [0.25, 0.3) is 0 Å². The summed E-state index contributed by atoms with van der Waals surface area (Å²) in [6.45, 7) is 0.260. The molecule has 1 heterocycles. The third-order valence-corrected chi connectivity index (χ3v) is 1.12. The summed E-state index contributed by atoms with van der Waals surface area (Å²) >= 11 is 0. The van der Waals surface area contributed by atoms with E-state index in [0.717, 1.165) is 0 Å². The van der Waals surface area contributed by atoms with Crippen LogP contribution in [0.5, 0.6) is 0 Å². The van der Waals surface area contributed by atoms with Crippen molar-refractivity contribution in [2.45, 2.75) is 0 Å². The maximum absolute atomic E-state index is 5.39. The zero-order valence-corrected chi connectivity index (χ0v) is 6.07. The first kappa shape index (κ1) is 7.68. The first-order valence-corrected chi connectivity index (χ1v) is 3.27. The highest BCUT2D eigenvalue weighted by atomic mass is 15.0. The van der Waals surface area contributed by atoms with Gasteiger partial charge in [0.05, 0.1) is 6.54 Å². The Morgan fingerprint density at radius 1 is 1.55 bits per heavy atom. The Bertz CT molecular complexity index is 242. The number of amidine groups is 1. The van der Waals surface area contributed by atoms with Crippen LogP contribution in [-0.2, 0) is 0 Å². The summed E-state index contributed by atoms with van der Waals surface area (Å²) in [5.41, 5.74) is 10.6. The monoisotopic (exact) mass is 150 g/mol. The minimum absolute atomic E-state index is 0.260. The molecule has 0 atom stereocenters. The van der Waals surface area contributed by atoms with Crippen molar-refractivity contribution in [3.8, 4) is 0 Å². The largest absolute Gasteiger partial charge is 0.386 e. The van der Waals surface area contributed by atoms with E-state index < -0.39 is 0 Å². The maximum atomic E-state index is 5.39. The Labute approximate surface area is 65.0 Å². The van der Waals surface area contributed by atoms with Gasteiger partial charge in [-0.1, -0.05) is 6.07 Å². The Kier molecular flexibility index (Phi) is 2.57. The van der Waals surface area contributed by atoms with E-state index in [4.69, 9.17) is 11.5 Å². The van der Waals surface area contributed by atoms with E-state index in [9.17, 15) is 0 Å². The van der Waals surface area contributed by atoms with Crippen molar-refractivity contribution in [2.75, 3.05) is 6.54 Å². The fourth-order valence-corrected chi connectivity index (χ4v) is 0.613. The second-order valence-corrected chi connectivity index (χ2v) is 2.00. The molecule has 0 bridgehead atoms. The highest BCUT2D eigenvalue weighted by Gasteiger charge is 1.88.